The Morgan fingerprint density at radius 3 is 1.26 bits per heavy atom. The molecule has 0 radical (unpaired) electrons. The van der Waals surface area contributed by atoms with Gasteiger partial charge < -0.3 is 0 Å². The Labute approximate surface area is 334 Å². The Hall–Kier alpha value is -7.06. The molecule has 0 nitrogen and oxygen atoms in total. The molecule has 11 aromatic carbocycles. The van der Waals surface area contributed by atoms with Crippen molar-refractivity contribution in [2.45, 2.75) is 0 Å². The van der Waals surface area contributed by atoms with E-state index in [1.165, 1.54) is 119 Å². The summed E-state index contributed by atoms with van der Waals surface area (Å²) >= 11 is 1.92. The lowest BCUT2D eigenvalue weighted by molar-refractivity contribution is 1.66. The zero-order chi connectivity index (χ0) is 37.5. The van der Waals surface area contributed by atoms with Gasteiger partial charge >= 0.3 is 0 Å². The first-order valence-corrected chi connectivity index (χ1v) is 20.5. The maximum absolute atomic E-state index is 2.44. The van der Waals surface area contributed by atoms with Gasteiger partial charge in [0, 0.05) is 25.7 Å². The third-order valence-electron chi connectivity index (χ3n) is 12.0. The van der Waals surface area contributed by atoms with Gasteiger partial charge in [0.05, 0.1) is 0 Å². The summed E-state index contributed by atoms with van der Waals surface area (Å²) in [6.45, 7) is 0. The van der Waals surface area contributed by atoms with Gasteiger partial charge in [-0.15, -0.1) is 11.3 Å². The molecule has 0 amide bonds. The minimum Gasteiger partial charge on any atom is -0.135 e. The van der Waals surface area contributed by atoms with Crippen LogP contribution in [-0.4, -0.2) is 0 Å². The van der Waals surface area contributed by atoms with Crippen LogP contribution in [0.5, 0.6) is 0 Å². The van der Waals surface area contributed by atoms with Gasteiger partial charge in [-0.2, -0.15) is 0 Å². The van der Waals surface area contributed by atoms with E-state index >= 15 is 0 Å². The van der Waals surface area contributed by atoms with Crippen LogP contribution in [0.25, 0.3) is 119 Å². The van der Waals surface area contributed by atoms with Crippen LogP contribution < -0.4 is 0 Å². The lowest BCUT2D eigenvalue weighted by atomic mass is 9.84. The van der Waals surface area contributed by atoms with E-state index in [-0.39, 0.29) is 0 Å². The molecule has 12 rings (SSSR count). The van der Waals surface area contributed by atoms with Crippen LogP contribution in [0.1, 0.15) is 0 Å². The number of hydrogen-bond donors (Lipinski definition) is 0. The Bertz CT molecular complexity index is 3450. The molecule has 57 heavy (non-hydrogen) atoms. The van der Waals surface area contributed by atoms with Crippen molar-refractivity contribution in [3.63, 3.8) is 0 Å². The normalized spacial score (nSPS) is 11.9. The SMILES string of the molecule is c1ccc(-c2c3ccccc3c(-c3ccc4c(c3)sc3c(-c5c6ccccc6c(-c6cccc7ccccc67)c6ccccc56)cccc34)c3ccccc23)cc1. The minimum absolute atomic E-state index is 1.24. The summed E-state index contributed by atoms with van der Waals surface area (Å²) < 4.78 is 2.63. The lowest BCUT2D eigenvalue weighted by Crippen LogP contribution is -1.91. The molecule has 1 heterocycles. The van der Waals surface area contributed by atoms with Crippen molar-refractivity contribution >= 4 is 85.4 Å². The van der Waals surface area contributed by atoms with Gasteiger partial charge in [0.15, 0.2) is 0 Å². The maximum atomic E-state index is 2.44. The van der Waals surface area contributed by atoms with Gasteiger partial charge in [-0.1, -0.05) is 200 Å². The summed E-state index contributed by atoms with van der Waals surface area (Å²) in [5.41, 5.74) is 10.2. The number of rotatable bonds is 4. The Morgan fingerprint density at radius 2 is 0.667 bits per heavy atom. The topological polar surface area (TPSA) is 0 Å². The predicted molar refractivity (Wildman–Crippen MR) is 249 cm³/mol. The summed E-state index contributed by atoms with van der Waals surface area (Å²) in [4.78, 5) is 0. The van der Waals surface area contributed by atoms with Crippen molar-refractivity contribution < 1.29 is 0 Å². The second-order valence-corrected chi connectivity index (χ2v) is 16.1. The zero-order valence-corrected chi connectivity index (χ0v) is 31.9. The van der Waals surface area contributed by atoms with E-state index in [2.05, 4.69) is 206 Å². The number of benzene rings is 11. The first kappa shape index (κ1) is 32.2. The van der Waals surface area contributed by atoms with E-state index in [1.54, 1.807) is 0 Å². The van der Waals surface area contributed by atoms with Gasteiger partial charge in [0.2, 0.25) is 0 Å². The van der Waals surface area contributed by atoms with Crippen LogP contribution in [0.4, 0.5) is 0 Å². The van der Waals surface area contributed by atoms with Crippen molar-refractivity contribution in [1.82, 2.24) is 0 Å². The van der Waals surface area contributed by atoms with Crippen LogP contribution in [0, 0.1) is 0 Å². The minimum atomic E-state index is 1.24. The Balaban J connectivity index is 1.11. The summed E-state index contributed by atoms with van der Waals surface area (Å²) in [5, 5.41) is 15.4. The van der Waals surface area contributed by atoms with E-state index in [9.17, 15) is 0 Å². The average molecular weight is 739 g/mol. The lowest BCUT2D eigenvalue weighted by Gasteiger charge is -2.19. The third kappa shape index (κ3) is 4.86. The molecule has 0 unspecified atom stereocenters. The zero-order valence-electron chi connectivity index (χ0n) is 31.0. The molecule has 1 heteroatoms. The first-order chi connectivity index (χ1) is 28.3. The van der Waals surface area contributed by atoms with Gasteiger partial charge in [0.25, 0.3) is 0 Å². The number of fused-ring (bicyclic) bond motifs is 8. The fourth-order valence-corrected chi connectivity index (χ4v) is 10.9. The Morgan fingerprint density at radius 1 is 0.246 bits per heavy atom. The molecule has 0 aliphatic heterocycles. The van der Waals surface area contributed by atoms with E-state index in [1.807, 2.05) is 11.3 Å². The highest BCUT2D eigenvalue weighted by Gasteiger charge is 2.21. The smallest absolute Gasteiger partial charge is 0.0434 e. The van der Waals surface area contributed by atoms with E-state index < -0.39 is 0 Å². The van der Waals surface area contributed by atoms with Crippen molar-refractivity contribution in [3.8, 4) is 44.5 Å². The van der Waals surface area contributed by atoms with Crippen LogP contribution in [-0.2, 0) is 0 Å². The van der Waals surface area contributed by atoms with Crippen LogP contribution in [0.3, 0.4) is 0 Å². The average Bonchev–Trinajstić information content (AvgIpc) is 3.66. The van der Waals surface area contributed by atoms with Crippen molar-refractivity contribution in [1.29, 1.82) is 0 Å². The van der Waals surface area contributed by atoms with E-state index in [0.29, 0.717) is 0 Å². The highest BCUT2D eigenvalue weighted by atomic mass is 32.1. The molecular weight excluding hydrogens is 705 g/mol. The largest absolute Gasteiger partial charge is 0.135 e. The highest BCUT2D eigenvalue weighted by Crippen LogP contribution is 2.50. The molecule has 0 aliphatic rings. The molecule has 12 aromatic rings. The van der Waals surface area contributed by atoms with Crippen molar-refractivity contribution in [2.24, 2.45) is 0 Å². The third-order valence-corrected chi connectivity index (χ3v) is 13.2. The van der Waals surface area contributed by atoms with Gasteiger partial charge in [-0.25, -0.2) is 0 Å². The summed E-state index contributed by atoms with van der Waals surface area (Å²) in [5.74, 6) is 0. The molecule has 0 fully saturated rings. The number of hydrogen-bond acceptors (Lipinski definition) is 1. The molecular formula is C56H34S. The predicted octanol–water partition coefficient (Wildman–Crippen LogP) is 16.5. The molecule has 0 spiro atoms. The fourth-order valence-electron chi connectivity index (χ4n) is 9.66. The Kier molecular flexibility index (Phi) is 7.20. The maximum Gasteiger partial charge on any atom is 0.0434 e. The molecule has 0 atom stereocenters. The first-order valence-electron chi connectivity index (χ1n) is 19.7. The highest BCUT2D eigenvalue weighted by molar-refractivity contribution is 7.26. The van der Waals surface area contributed by atoms with Crippen LogP contribution >= 0.6 is 11.3 Å². The quantitative estimate of drug-likeness (QED) is 0.158. The second-order valence-electron chi connectivity index (χ2n) is 15.1. The van der Waals surface area contributed by atoms with Gasteiger partial charge in [0.1, 0.15) is 0 Å². The standard InChI is InChI=1S/C56H34S/c1-2-17-36(18-3-1)52-41-21-6-8-23-43(41)53(44-24-9-7-22-42(44)52)37-32-33-39-49-30-15-31-50(56(49)57-51(39)34-37)55-47-27-12-10-25-45(47)54(46-26-11-13-28-48(46)55)40-29-14-19-35-16-4-5-20-38(35)40/h1-34H. The number of thiophene rings is 1. The summed E-state index contributed by atoms with van der Waals surface area (Å²) in [6.07, 6.45) is 0. The summed E-state index contributed by atoms with van der Waals surface area (Å²) in [7, 11) is 0. The molecule has 0 bridgehead atoms. The monoisotopic (exact) mass is 738 g/mol. The molecule has 0 saturated carbocycles. The summed E-state index contributed by atoms with van der Waals surface area (Å²) in [6, 6.07) is 76.3. The van der Waals surface area contributed by atoms with Gasteiger partial charge in [-0.05, 0) is 98.9 Å². The van der Waals surface area contributed by atoms with E-state index in [0.717, 1.165) is 0 Å². The molecule has 0 aliphatic carbocycles. The molecule has 0 saturated heterocycles. The molecule has 264 valence electrons. The van der Waals surface area contributed by atoms with Crippen LogP contribution in [0.2, 0.25) is 0 Å². The van der Waals surface area contributed by atoms with Crippen LogP contribution in [0.15, 0.2) is 206 Å². The van der Waals surface area contributed by atoms with E-state index in [4.69, 9.17) is 0 Å². The molecule has 1 aromatic heterocycles. The van der Waals surface area contributed by atoms with Crippen molar-refractivity contribution in [2.75, 3.05) is 0 Å². The van der Waals surface area contributed by atoms with Gasteiger partial charge in [-0.3, -0.25) is 0 Å². The van der Waals surface area contributed by atoms with Crippen molar-refractivity contribution in [3.05, 3.63) is 206 Å². The second kappa shape index (κ2) is 12.7. The molecule has 0 N–H and O–H groups in total. The fraction of sp³-hybridized carbons (Fsp3) is 0.